The summed E-state index contributed by atoms with van der Waals surface area (Å²) in [5, 5.41) is 5.23. The van der Waals surface area contributed by atoms with Crippen molar-refractivity contribution in [1.82, 2.24) is 15.5 Å². The molecule has 1 heterocycles. The number of halogens is 1. The number of amides is 2. The van der Waals surface area contributed by atoms with Crippen LogP contribution in [0.4, 0.5) is 4.39 Å². The number of nitrogens with zero attached hydrogens (tertiary/aromatic N) is 1. The van der Waals surface area contributed by atoms with Crippen molar-refractivity contribution in [2.24, 2.45) is 0 Å². The summed E-state index contributed by atoms with van der Waals surface area (Å²) < 4.78 is 18.4. The van der Waals surface area contributed by atoms with Crippen molar-refractivity contribution >= 4 is 11.8 Å². The lowest BCUT2D eigenvalue weighted by molar-refractivity contribution is -0.139. The van der Waals surface area contributed by atoms with Crippen LogP contribution in [0.15, 0.2) is 42.5 Å². The zero-order chi connectivity index (χ0) is 20.1. The Hall–Kier alpha value is -2.93. The second-order valence-corrected chi connectivity index (χ2v) is 6.96. The molecule has 2 N–H and O–H groups in total. The number of benzene rings is 2. The van der Waals surface area contributed by atoms with Gasteiger partial charge in [-0.25, -0.2) is 4.39 Å². The summed E-state index contributed by atoms with van der Waals surface area (Å²) in [4.78, 5) is 26.2. The average molecular weight is 385 g/mol. The molecule has 0 spiro atoms. The minimum atomic E-state index is -0.718. The van der Waals surface area contributed by atoms with Crippen molar-refractivity contribution in [1.29, 1.82) is 0 Å². The molecule has 2 amide bonds. The Balaban J connectivity index is 1.55. The highest BCUT2D eigenvalue weighted by atomic mass is 19.1. The molecule has 148 valence electrons. The number of ether oxygens (including phenoxy) is 1. The maximum Gasteiger partial charge on any atom is 0.309 e. The molecular weight excluding hydrogens is 361 g/mol. The van der Waals surface area contributed by atoms with Gasteiger partial charge >= 0.3 is 11.8 Å². The van der Waals surface area contributed by atoms with Crippen molar-refractivity contribution < 1.29 is 18.7 Å². The number of likely N-dealkylation sites (N-methyl/N-ethyl adjacent to an activating group) is 1. The summed E-state index contributed by atoms with van der Waals surface area (Å²) in [6.07, 6.45) is 0.876. The number of carbonyl (C=O) groups excluding carboxylic acids is 2. The molecule has 7 heteroatoms. The molecule has 2 aromatic carbocycles. The summed E-state index contributed by atoms with van der Waals surface area (Å²) in [6, 6.07) is 11.7. The average Bonchev–Trinajstić information content (AvgIpc) is 3.15. The van der Waals surface area contributed by atoms with Gasteiger partial charge < -0.3 is 20.3 Å². The van der Waals surface area contributed by atoms with Crippen LogP contribution in [0.5, 0.6) is 5.75 Å². The maximum absolute atomic E-state index is 12.9. The lowest BCUT2D eigenvalue weighted by Crippen LogP contribution is -2.42. The monoisotopic (exact) mass is 385 g/mol. The van der Waals surface area contributed by atoms with Gasteiger partial charge in [-0.15, -0.1) is 0 Å². The van der Waals surface area contributed by atoms with E-state index >= 15 is 0 Å². The molecule has 1 unspecified atom stereocenters. The summed E-state index contributed by atoms with van der Waals surface area (Å²) in [7, 11) is 3.85. The molecule has 0 saturated carbocycles. The van der Waals surface area contributed by atoms with E-state index < -0.39 is 11.8 Å². The quantitative estimate of drug-likeness (QED) is 0.744. The fourth-order valence-corrected chi connectivity index (χ4v) is 3.15. The predicted octanol–water partition coefficient (Wildman–Crippen LogP) is 1.80. The number of hydrogen-bond donors (Lipinski definition) is 2. The van der Waals surface area contributed by atoms with Crippen molar-refractivity contribution in [2.45, 2.75) is 19.0 Å². The molecule has 2 aromatic rings. The van der Waals surface area contributed by atoms with E-state index in [2.05, 4.69) is 16.7 Å². The van der Waals surface area contributed by atoms with E-state index in [0.717, 1.165) is 23.3 Å². The minimum absolute atomic E-state index is 0.0697. The normalized spacial score (nSPS) is 13.6. The third-order valence-corrected chi connectivity index (χ3v) is 4.75. The minimum Gasteiger partial charge on any atom is -0.493 e. The Kier molecular flexibility index (Phi) is 6.26. The van der Waals surface area contributed by atoms with E-state index in [1.54, 1.807) is 12.1 Å². The van der Waals surface area contributed by atoms with Crippen molar-refractivity contribution in [3.8, 4) is 5.75 Å². The fourth-order valence-electron chi connectivity index (χ4n) is 3.15. The van der Waals surface area contributed by atoms with Gasteiger partial charge in [-0.1, -0.05) is 24.3 Å². The van der Waals surface area contributed by atoms with Gasteiger partial charge in [-0.2, -0.15) is 0 Å². The molecule has 0 bridgehead atoms. The summed E-state index contributed by atoms with van der Waals surface area (Å²) >= 11 is 0. The second kappa shape index (κ2) is 8.84. The summed E-state index contributed by atoms with van der Waals surface area (Å²) in [6.45, 7) is 1.15. The van der Waals surface area contributed by atoms with Crippen molar-refractivity contribution in [3.63, 3.8) is 0 Å². The van der Waals surface area contributed by atoms with Gasteiger partial charge in [0.25, 0.3) is 0 Å². The smallest absolute Gasteiger partial charge is 0.309 e. The number of carbonyl (C=O) groups is 2. The van der Waals surface area contributed by atoms with E-state index in [1.807, 2.05) is 31.1 Å². The summed E-state index contributed by atoms with van der Waals surface area (Å²) in [5.74, 6) is -0.853. The zero-order valence-corrected chi connectivity index (χ0v) is 16.0. The third-order valence-electron chi connectivity index (χ3n) is 4.75. The first-order valence-electron chi connectivity index (χ1n) is 9.16. The lowest BCUT2D eigenvalue weighted by Gasteiger charge is -2.25. The second-order valence-electron chi connectivity index (χ2n) is 6.96. The van der Waals surface area contributed by atoms with Crippen LogP contribution in [0.2, 0.25) is 0 Å². The molecular formula is C21H24FN3O3. The van der Waals surface area contributed by atoms with Crippen LogP contribution >= 0.6 is 0 Å². The van der Waals surface area contributed by atoms with E-state index in [9.17, 15) is 14.0 Å². The van der Waals surface area contributed by atoms with Gasteiger partial charge in [-0.05, 0) is 49.0 Å². The van der Waals surface area contributed by atoms with Gasteiger partial charge in [-0.3, -0.25) is 9.59 Å². The zero-order valence-electron chi connectivity index (χ0n) is 16.0. The van der Waals surface area contributed by atoms with Crippen LogP contribution < -0.4 is 15.4 Å². The summed E-state index contributed by atoms with van der Waals surface area (Å²) in [5.41, 5.74) is 2.93. The Morgan fingerprint density at radius 3 is 2.54 bits per heavy atom. The first-order chi connectivity index (χ1) is 13.4. The third kappa shape index (κ3) is 4.86. The topological polar surface area (TPSA) is 70.7 Å². The van der Waals surface area contributed by atoms with Crippen LogP contribution in [-0.2, 0) is 22.6 Å². The van der Waals surface area contributed by atoms with Crippen LogP contribution in [0.25, 0.3) is 0 Å². The molecule has 28 heavy (non-hydrogen) atoms. The standard InChI is InChI=1S/C21H24FN3O3/c1-25(2)18(15-5-8-19-16(11-15)9-10-28-19)13-24-21(27)20(26)23-12-14-3-6-17(22)7-4-14/h3-8,11,18H,9-10,12-13H2,1-2H3,(H,23,26)(H,24,27). The SMILES string of the molecule is CN(C)C(CNC(=O)C(=O)NCc1ccc(F)cc1)c1ccc2c(c1)CCO2. The highest BCUT2D eigenvalue weighted by molar-refractivity contribution is 6.35. The molecule has 0 saturated heterocycles. The van der Waals surface area contributed by atoms with Gasteiger partial charge in [0, 0.05) is 19.5 Å². The van der Waals surface area contributed by atoms with Crippen LogP contribution in [0.3, 0.4) is 0 Å². The van der Waals surface area contributed by atoms with E-state index in [4.69, 9.17) is 4.74 Å². The number of hydrogen-bond acceptors (Lipinski definition) is 4. The highest BCUT2D eigenvalue weighted by Crippen LogP contribution is 2.29. The Morgan fingerprint density at radius 2 is 1.82 bits per heavy atom. The van der Waals surface area contributed by atoms with Gasteiger partial charge in [0.05, 0.1) is 12.6 Å². The molecule has 0 aromatic heterocycles. The molecule has 0 aliphatic carbocycles. The molecule has 0 fully saturated rings. The lowest BCUT2D eigenvalue weighted by atomic mass is 10.0. The predicted molar refractivity (Wildman–Crippen MR) is 103 cm³/mol. The molecule has 1 aliphatic rings. The van der Waals surface area contributed by atoms with E-state index in [0.29, 0.717) is 18.7 Å². The van der Waals surface area contributed by atoms with Gasteiger partial charge in [0.2, 0.25) is 0 Å². The van der Waals surface area contributed by atoms with Crippen molar-refractivity contribution in [3.05, 3.63) is 65.0 Å². The highest BCUT2D eigenvalue weighted by Gasteiger charge is 2.21. The number of rotatable bonds is 6. The van der Waals surface area contributed by atoms with Crippen molar-refractivity contribution in [2.75, 3.05) is 27.2 Å². The van der Waals surface area contributed by atoms with E-state index in [1.165, 1.54) is 12.1 Å². The largest absolute Gasteiger partial charge is 0.493 e. The van der Waals surface area contributed by atoms with Gasteiger partial charge in [0.1, 0.15) is 11.6 Å². The maximum atomic E-state index is 12.9. The molecule has 1 aliphatic heterocycles. The first kappa shape index (κ1) is 19.8. The van der Waals surface area contributed by atoms with Crippen LogP contribution in [0.1, 0.15) is 22.7 Å². The van der Waals surface area contributed by atoms with E-state index in [-0.39, 0.29) is 18.4 Å². The number of nitrogens with one attached hydrogen (secondary N) is 2. The number of fused-ring (bicyclic) bond motifs is 1. The Labute approximate surface area is 163 Å². The van der Waals surface area contributed by atoms with Crippen LogP contribution in [-0.4, -0.2) is 44.0 Å². The molecule has 0 radical (unpaired) electrons. The molecule has 1 atom stereocenters. The van der Waals surface area contributed by atoms with Crippen LogP contribution in [0, 0.1) is 5.82 Å². The first-order valence-corrected chi connectivity index (χ1v) is 9.16. The molecule has 3 rings (SSSR count). The fraction of sp³-hybridized carbons (Fsp3) is 0.333. The Bertz CT molecular complexity index is 852. The van der Waals surface area contributed by atoms with Gasteiger partial charge in [0.15, 0.2) is 0 Å². The Morgan fingerprint density at radius 1 is 1.11 bits per heavy atom. The molecule has 6 nitrogen and oxygen atoms in total.